The predicted molar refractivity (Wildman–Crippen MR) is 107 cm³/mol. The van der Waals surface area contributed by atoms with Gasteiger partial charge in [-0.2, -0.15) is 0 Å². The molecule has 28 heavy (non-hydrogen) atoms. The zero-order valence-electron chi connectivity index (χ0n) is 16.4. The second-order valence-electron chi connectivity index (χ2n) is 6.53. The third-order valence-corrected chi connectivity index (χ3v) is 4.89. The van der Waals surface area contributed by atoms with Crippen molar-refractivity contribution >= 4 is 35.5 Å². The second-order valence-corrected chi connectivity index (χ2v) is 6.53. The minimum Gasteiger partial charge on any atom is -0.441 e. The van der Waals surface area contributed by atoms with E-state index in [2.05, 4.69) is 5.32 Å². The van der Waals surface area contributed by atoms with Crippen LogP contribution in [-0.4, -0.2) is 30.9 Å². The third-order valence-electron chi connectivity index (χ3n) is 4.89. The molecule has 1 aliphatic rings. The molecule has 3 rings (SSSR count). The lowest BCUT2D eigenvalue weighted by Gasteiger charge is -2.27. The smallest absolute Gasteiger partial charge is 0.335 e. The van der Waals surface area contributed by atoms with Crippen molar-refractivity contribution in [2.75, 3.05) is 22.9 Å². The minimum atomic E-state index is -0.760. The summed E-state index contributed by atoms with van der Waals surface area (Å²) in [7, 11) is 0. The first-order valence-corrected chi connectivity index (χ1v) is 9.19. The lowest BCUT2D eigenvalue weighted by Crippen LogP contribution is -2.54. The molecule has 0 saturated carbocycles. The number of amides is 4. The quantitative estimate of drug-likeness (QED) is 0.634. The number of anilines is 2. The van der Waals surface area contributed by atoms with Gasteiger partial charge in [-0.25, -0.2) is 9.69 Å². The molecule has 0 aliphatic carbocycles. The average molecular weight is 381 g/mol. The predicted octanol–water partition coefficient (Wildman–Crippen LogP) is 3.41. The van der Waals surface area contributed by atoms with Crippen LogP contribution in [-0.2, 0) is 9.59 Å². The zero-order chi connectivity index (χ0) is 20.4. The van der Waals surface area contributed by atoms with Crippen LogP contribution in [0.4, 0.5) is 16.4 Å². The number of barbiturate groups is 1. The number of benzene rings is 1. The van der Waals surface area contributed by atoms with Crippen molar-refractivity contribution in [3.63, 3.8) is 0 Å². The summed E-state index contributed by atoms with van der Waals surface area (Å²) < 4.78 is 5.75. The van der Waals surface area contributed by atoms with Crippen LogP contribution in [0.3, 0.4) is 0 Å². The Labute approximate surface area is 163 Å². The molecule has 4 amide bonds. The molecule has 7 heteroatoms. The molecule has 2 heterocycles. The summed E-state index contributed by atoms with van der Waals surface area (Å²) >= 11 is 0. The van der Waals surface area contributed by atoms with E-state index in [4.69, 9.17) is 4.42 Å². The van der Waals surface area contributed by atoms with Gasteiger partial charge < -0.3 is 9.32 Å². The van der Waals surface area contributed by atoms with E-state index < -0.39 is 17.8 Å². The SMILES string of the molecule is CCN(CC)c1ccc(C=C2C(=O)NC(=O)N(c3cccc(C)c3C)C2=O)o1. The Morgan fingerprint density at radius 3 is 2.46 bits per heavy atom. The highest BCUT2D eigenvalue weighted by atomic mass is 16.4. The summed E-state index contributed by atoms with van der Waals surface area (Å²) in [6.45, 7) is 9.28. The van der Waals surface area contributed by atoms with E-state index in [0.717, 1.165) is 29.1 Å². The van der Waals surface area contributed by atoms with E-state index in [1.807, 2.05) is 38.7 Å². The summed E-state index contributed by atoms with van der Waals surface area (Å²) in [5, 5.41) is 2.23. The molecule has 1 aromatic carbocycles. The number of urea groups is 1. The first-order valence-electron chi connectivity index (χ1n) is 9.19. The molecule has 0 bridgehead atoms. The number of hydrogen-bond donors (Lipinski definition) is 1. The van der Waals surface area contributed by atoms with E-state index in [0.29, 0.717) is 17.3 Å². The fraction of sp³-hybridized carbons (Fsp3) is 0.286. The second kappa shape index (κ2) is 7.72. The van der Waals surface area contributed by atoms with Crippen molar-refractivity contribution < 1.29 is 18.8 Å². The van der Waals surface area contributed by atoms with Gasteiger partial charge in [-0.15, -0.1) is 0 Å². The van der Waals surface area contributed by atoms with Gasteiger partial charge in [0.05, 0.1) is 5.69 Å². The Hall–Kier alpha value is -3.35. The number of carbonyl (C=O) groups is 3. The van der Waals surface area contributed by atoms with Crippen molar-refractivity contribution in [3.8, 4) is 0 Å². The fourth-order valence-electron chi connectivity index (χ4n) is 3.12. The molecule has 1 aliphatic heterocycles. The lowest BCUT2D eigenvalue weighted by atomic mass is 10.0. The van der Waals surface area contributed by atoms with Gasteiger partial charge in [-0.3, -0.25) is 14.9 Å². The summed E-state index contributed by atoms with van der Waals surface area (Å²) in [5.41, 5.74) is 2.03. The molecule has 1 saturated heterocycles. The number of rotatable bonds is 5. The summed E-state index contributed by atoms with van der Waals surface area (Å²) in [6, 6.07) is 8.06. The van der Waals surface area contributed by atoms with Crippen molar-refractivity contribution in [2.24, 2.45) is 0 Å². The highest BCUT2D eigenvalue weighted by Gasteiger charge is 2.37. The normalized spacial score (nSPS) is 15.9. The molecule has 1 aromatic heterocycles. The van der Waals surface area contributed by atoms with E-state index in [1.54, 1.807) is 24.3 Å². The molecule has 0 atom stereocenters. The van der Waals surface area contributed by atoms with E-state index >= 15 is 0 Å². The topological polar surface area (TPSA) is 82.9 Å². The van der Waals surface area contributed by atoms with Gasteiger partial charge in [0.2, 0.25) is 0 Å². The number of hydrogen-bond acceptors (Lipinski definition) is 5. The van der Waals surface area contributed by atoms with Crippen molar-refractivity contribution in [3.05, 3.63) is 52.8 Å². The largest absolute Gasteiger partial charge is 0.441 e. The van der Waals surface area contributed by atoms with Crippen LogP contribution in [0.15, 0.2) is 40.3 Å². The van der Waals surface area contributed by atoms with Gasteiger partial charge in [0.15, 0.2) is 5.88 Å². The van der Waals surface area contributed by atoms with Gasteiger partial charge in [-0.05, 0) is 57.0 Å². The van der Waals surface area contributed by atoms with E-state index in [-0.39, 0.29) is 5.57 Å². The number of imide groups is 2. The molecule has 2 aromatic rings. The maximum Gasteiger partial charge on any atom is 0.335 e. The summed E-state index contributed by atoms with van der Waals surface area (Å²) in [6.07, 6.45) is 1.37. The standard InChI is InChI=1S/C21H23N3O4/c1-5-23(6-2)18-11-10-15(28-18)12-16-19(25)22-21(27)24(20(16)26)17-9-7-8-13(3)14(17)4/h7-12H,5-6H2,1-4H3,(H,22,25,27). The lowest BCUT2D eigenvalue weighted by molar-refractivity contribution is -0.122. The third kappa shape index (κ3) is 3.43. The van der Waals surface area contributed by atoms with Crippen molar-refractivity contribution in [1.29, 1.82) is 0 Å². The van der Waals surface area contributed by atoms with Gasteiger partial charge in [-0.1, -0.05) is 12.1 Å². The Balaban J connectivity index is 1.98. The van der Waals surface area contributed by atoms with Crippen molar-refractivity contribution in [1.82, 2.24) is 5.32 Å². The number of nitrogens with one attached hydrogen (secondary N) is 1. The van der Waals surface area contributed by atoms with Crippen LogP contribution in [0.1, 0.15) is 30.7 Å². The maximum absolute atomic E-state index is 13.0. The highest BCUT2D eigenvalue weighted by molar-refractivity contribution is 6.39. The Kier molecular flexibility index (Phi) is 5.35. The summed E-state index contributed by atoms with van der Waals surface area (Å²) in [4.78, 5) is 40.7. The van der Waals surface area contributed by atoms with Crippen molar-refractivity contribution in [2.45, 2.75) is 27.7 Å². The number of carbonyl (C=O) groups excluding carboxylic acids is 3. The zero-order valence-corrected chi connectivity index (χ0v) is 16.4. The van der Waals surface area contributed by atoms with Crippen LogP contribution in [0.2, 0.25) is 0 Å². The van der Waals surface area contributed by atoms with Crippen LogP contribution in [0, 0.1) is 13.8 Å². The fourth-order valence-corrected chi connectivity index (χ4v) is 3.12. The molecule has 0 unspecified atom stereocenters. The van der Waals surface area contributed by atoms with Crippen LogP contribution in [0.25, 0.3) is 6.08 Å². The molecular weight excluding hydrogens is 358 g/mol. The highest BCUT2D eigenvalue weighted by Crippen LogP contribution is 2.27. The van der Waals surface area contributed by atoms with Crippen LogP contribution < -0.4 is 15.1 Å². The Morgan fingerprint density at radius 1 is 1.07 bits per heavy atom. The van der Waals surface area contributed by atoms with E-state index in [1.165, 1.54) is 6.08 Å². The minimum absolute atomic E-state index is 0.152. The maximum atomic E-state index is 13.0. The molecule has 0 radical (unpaired) electrons. The Morgan fingerprint density at radius 2 is 1.79 bits per heavy atom. The molecule has 0 spiro atoms. The average Bonchev–Trinajstić information content (AvgIpc) is 3.11. The monoisotopic (exact) mass is 381 g/mol. The van der Waals surface area contributed by atoms with Gasteiger partial charge >= 0.3 is 6.03 Å². The van der Waals surface area contributed by atoms with Crippen LogP contribution in [0.5, 0.6) is 0 Å². The molecule has 7 nitrogen and oxygen atoms in total. The molecule has 1 fully saturated rings. The molecule has 1 N–H and O–H groups in total. The number of aryl methyl sites for hydroxylation is 1. The first-order chi connectivity index (χ1) is 13.4. The molecule has 146 valence electrons. The first kappa shape index (κ1) is 19.4. The number of furan rings is 1. The summed E-state index contributed by atoms with van der Waals surface area (Å²) in [5.74, 6) is -0.390. The van der Waals surface area contributed by atoms with Gasteiger partial charge in [0.1, 0.15) is 11.3 Å². The van der Waals surface area contributed by atoms with E-state index in [9.17, 15) is 14.4 Å². The van der Waals surface area contributed by atoms with Gasteiger partial charge in [0, 0.05) is 19.2 Å². The van der Waals surface area contributed by atoms with Gasteiger partial charge in [0.25, 0.3) is 11.8 Å². The van der Waals surface area contributed by atoms with Crippen LogP contribution >= 0.6 is 0 Å². The Bertz CT molecular complexity index is 970. The number of nitrogens with zero attached hydrogens (tertiary/aromatic N) is 2. The molecular formula is C21H23N3O4.